The van der Waals surface area contributed by atoms with Crippen LogP contribution in [0.25, 0.3) is 0 Å². The molecule has 0 aliphatic heterocycles. The molecule has 3 heteroatoms. The third-order valence-corrected chi connectivity index (χ3v) is 2.16. The van der Waals surface area contributed by atoms with Crippen molar-refractivity contribution in [3.8, 4) is 11.8 Å². The van der Waals surface area contributed by atoms with Gasteiger partial charge in [-0.2, -0.15) is 0 Å². The summed E-state index contributed by atoms with van der Waals surface area (Å²) >= 11 is 0. The van der Waals surface area contributed by atoms with Gasteiger partial charge >= 0.3 is 0 Å². The van der Waals surface area contributed by atoms with Crippen molar-refractivity contribution in [3.63, 3.8) is 0 Å². The molecule has 0 heterocycles. The van der Waals surface area contributed by atoms with E-state index in [1.807, 2.05) is 0 Å². The first-order valence-corrected chi connectivity index (χ1v) is 5.46. The minimum absolute atomic E-state index is 0.0499. The van der Waals surface area contributed by atoms with E-state index in [0.717, 1.165) is 6.42 Å². The van der Waals surface area contributed by atoms with Gasteiger partial charge in [0.15, 0.2) is 0 Å². The molecule has 15 heavy (non-hydrogen) atoms. The average Bonchev–Trinajstić information content (AvgIpc) is 2.16. The molecule has 0 aromatic heterocycles. The van der Waals surface area contributed by atoms with Crippen LogP contribution in [0.4, 0.5) is 0 Å². The summed E-state index contributed by atoms with van der Waals surface area (Å²) in [7, 11) is 0. The summed E-state index contributed by atoms with van der Waals surface area (Å²) in [5.41, 5.74) is 5.62. The van der Waals surface area contributed by atoms with Crippen LogP contribution < -0.4 is 11.1 Å². The molecule has 0 radical (unpaired) electrons. The van der Waals surface area contributed by atoms with E-state index >= 15 is 0 Å². The smallest absolute Gasteiger partial charge is 0.221 e. The molecule has 0 saturated carbocycles. The van der Waals surface area contributed by atoms with Crippen molar-refractivity contribution in [2.45, 2.75) is 33.6 Å². The highest BCUT2D eigenvalue weighted by Gasteiger charge is 2.13. The first-order chi connectivity index (χ1) is 7.10. The van der Waals surface area contributed by atoms with Crippen molar-refractivity contribution >= 4 is 5.91 Å². The number of rotatable bonds is 6. The second kappa shape index (κ2) is 8.31. The Balaban J connectivity index is 3.83. The molecule has 0 spiro atoms. The third-order valence-electron chi connectivity index (χ3n) is 2.16. The van der Waals surface area contributed by atoms with Crippen molar-refractivity contribution < 1.29 is 4.79 Å². The minimum atomic E-state index is 0.0499. The van der Waals surface area contributed by atoms with Gasteiger partial charge in [0.25, 0.3) is 0 Å². The lowest BCUT2D eigenvalue weighted by Gasteiger charge is -2.15. The van der Waals surface area contributed by atoms with E-state index in [1.165, 1.54) is 0 Å². The molecule has 0 aromatic rings. The summed E-state index contributed by atoms with van der Waals surface area (Å²) in [5.74, 6) is 6.46. The van der Waals surface area contributed by atoms with Gasteiger partial charge in [-0.3, -0.25) is 4.79 Å². The van der Waals surface area contributed by atoms with Crippen molar-refractivity contribution in [1.29, 1.82) is 0 Å². The predicted octanol–water partition coefficient (Wildman–Crippen LogP) is 1.14. The van der Waals surface area contributed by atoms with E-state index in [1.54, 1.807) is 6.92 Å². The van der Waals surface area contributed by atoms with Crippen LogP contribution in [0.3, 0.4) is 0 Å². The zero-order valence-corrected chi connectivity index (χ0v) is 9.97. The summed E-state index contributed by atoms with van der Waals surface area (Å²) in [5, 5.41) is 2.75. The van der Waals surface area contributed by atoms with Gasteiger partial charge in [0, 0.05) is 6.42 Å². The topological polar surface area (TPSA) is 55.1 Å². The zero-order chi connectivity index (χ0) is 11.7. The summed E-state index contributed by atoms with van der Waals surface area (Å²) < 4.78 is 0. The van der Waals surface area contributed by atoms with Gasteiger partial charge in [-0.25, -0.2) is 0 Å². The van der Waals surface area contributed by atoms with Crippen LogP contribution in [0.5, 0.6) is 0 Å². The van der Waals surface area contributed by atoms with Gasteiger partial charge in [-0.05, 0) is 31.7 Å². The van der Waals surface area contributed by atoms with Gasteiger partial charge in [0.05, 0.1) is 6.54 Å². The molecule has 0 saturated heterocycles. The third kappa shape index (κ3) is 8.02. The lowest BCUT2D eigenvalue weighted by molar-refractivity contribution is -0.121. The fourth-order valence-corrected chi connectivity index (χ4v) is 1.50. The molecule has 3 nitrogen and oxygen atoms in total. The molecule has 0 aliphatic rings. The molecule has 3 N–H and O–H groups in total. The molecule has 0 unspecified atom stereocenters. The zero-order valence-electron chi connectivity index (χ0n) is 9.97. The number of carbonyl (C=O) groups is 1. The SMILES string of the molecule is CC#CCNC(=O)C[C@@H](CN)CC(C)C. The lowest BCUT2D eigenvalue weighted by Crippen LogP contribution is -2.29. The van der Waals surface area contributed by atoms with Crippen LogP contribution in [0, 0.1) is 23.7 Å². The molecular weight excluding hydrogens is 188 g/mol. The Kier molecular flexibility index (Phi) is 7.75. The first kappa shape index (κ1) is 14.0. The largest absolute Gasteiger partial charge is 0.345 e. The van der Waals surface area contributed by atoms with Gasteiger partial charge < -0.3 is 11.1 Å². The maximum Gasteiger partial charge on any atom is 0.221 e. The molecule has 1 atom stereocenters. The van der Waals surface area contributed by atoms with Crippen molar-refractivity contribution in [2.24, 2.45) is 17.6 Å². The molecule has 1 amide bonds. The number of hydrogen-bond donors (Lipinski definition) is 2. The summed E-state index contributed by atoms with van der Waals surface area (Å²) in [4.78, 5) is 11.4. The van der Waals surface area contributed by atoms with Crippen LogP contribution in [0.1, 0.15) is 33.6 Å². The Hall–Kier alpha value is -1.01. The Labute approximate surface area is 92.8 Å². The summed E-state index contributed by atoms with van der Waals surface area (Å²) in [6.07, 6.45) is 1.52. The lowest BCUT2D eigenvalue weighted by atomic mass is 9.94. The van der Waals surface area contributed by atoms with E-state index in [0.29, 0.717) is 31.3 Å². The molecule has 86 valence electrons. The van der Waals surface area contributed by atoms with E-state index < -0.39 is 0 Å². The van der Waals surface area contributed by atoms with Gasteiger partial charge in [0.1, 0.15) is 0 Å². The molecule has 0 bridgehead atoms. The Morgan fingerprint density at radius 3 is 2.60 bits per heavy atom. The highest BCUT2D eigenvalue weighted by atomic mass is 16.1. The summed E-state index contributed by atoms with van der Waals surface area (Å²) in [6.45, 7) is 7.05. The second-order valence-electron chi connectivity index (χ2n) is 4.14. The van der Waals surface area contributed by atoms with Crippen molar-refractivity contribution in [1.82, 2.24) is 5.32 Å². The number of nitrogens with one attached hydrogen (secondary N) is 1. The Morgan fingerprint density at radius 1 is 1.47 bits per heavy atom. The van der Waals surface area contributed by atoms with Crippen LogP contribution in [-0.4, -0.2) is 19.0 Å². The van der Waals surface area contributed by atoms with E-state index in [4.69, 9.17) is 5.73 Å². The fraction of sp³-hybridized carbons (Fsp3) is 0.750. The van der Waals surface area contributed by atoms with E-state index in [-0.39, 0.29) is 5.91 Å². The van der Waals surface area contributed by atoms with E-state index in [9.17, 15) is 4.79 Å². The van der Waals surface area contributed by atoms with Gasteiger partial charge in [-0.1, -0.05) is 19.8 Å². The maximum absolute atomic E-state index is 11.4. The predicted molar refractivity (Wildman–Crippen MR) is 63.1 cm³/mol. The van der Waals surface area contributed by atoms with Crippen LogP contribution >= 0.6 is 0 Å². The van der Waals surface area contributed by atoms with E-state index in [2.05, 4.69) is 31.0 Å². The monoisotopic (exact) mass is 210 g/mol. The van der Waals surface area contributed by atoms with Crippen LogP contribution in [-0.2, 0) is 4.79 Å². The molecule has 0 aliphatic carbocycles. The second-order valence-corrected chi connectivity index (χ2v) is 4.14. The molecule has 0 rings (SSSR count). The fourth-order valence-electron chi connectivity index (χ4n) is 1.50. The van der Waals surface area contributed by atoms with Crippen molar-refractivity contribution in [3.05, 3.63) is 0 Å². The molecular formula is C12H22N2O. The Morgan fingerprint density at radius 2 is 2.13 bits per heavy atom. The van der Waals surface area contributed by atoms with Crippen LogP contribution in [0.15, 0.2) is 0 Å². The van der Waals surface area contributed by atoms with Gasteiger partial charge in [-0.15, -0.1) is 5.92 Å². The van der Waals surface area contributed by atoms with Crippen LogP contribution in [0.2, 0.25) is 0 Å². The Bertz CT molecular complexity index is 238. The highest BCUT2D eigenvalue weighted by molar-refractivity contribution is 5.76. The quantitative estimate of drug-likeness (QED) is 0.646. The first-order valence-electron chi connectivity index (χ1n) is 5.46. The number of hydrogen-bond acceptors (Lipinski definition) is 2. The van der Waals surface area contributed by atoms with Gasteiger partial charge in [0.2, 0.25) is 5.91 Å². The number of amides is 1. The molecule has 0 aromatic carbocycles. The maximum atomic E-state index is 11.4. The number of carbonyl (C=O) groups excluding carboxylic acids is 1. The highest BCUT2D eigenvalue weighted by Crippen LogP contribution is 2.13. The summed E-state index contributed by atoms with van der Waals surface area (Å²) in [6, 6.07) is 0. The average molecular weight is 210 g/mol. The normalized spacial score (nSPS) is 11.8. The minimum Gasteiger partial charge on any atom is -0.345 e. The standard InChI is InChI=1S/C12H22N2O/c1-4-5-6-14-12(15)8-11(9-13)7-10(2)3/h10-11H,6-9,13H2,1-3H3,(H,14,15)/t11-/m0/s1. The van der Waals surface area contributed by atoms with Crippen molar-refractivity contribution in [2.75, 3.05) is 13.1 Å². The number of nitrogens with two attached hydrogens (primary N) is 1. The molecule has 0 fully saturated rings.